The van der Waals surface area contributed by atoms with Crippen LogP contribution in [0, 0.1) is 6.92 Å². The van der Waals surface area contributed by atoms with E-state index < -0.39 is 5.97 Å². The Hall–Kier alpha value is -1.81. The van der Waals surface area contributed by atoms with Crippen LogP contribution in [0.25, 0.3) is 6.08 Å². The highest BCUT2D eigenvalue weighted by atomic mass is 16.7. The van der Waals surface area contributed by atoms with Crippen molar-refractivity contribution in [2.45, 2.75) is 6.92 Å². The Bertz CT molecular complexity index is 396. The second-order valence-corrected chi connectivity index (χ2v) is 3.26. The Labute approximate surface area is 94.1 Å². The number of rotatable bonds is 5. The molecule has 0 atom stereocenters. The van der Waals surface area contributed by atoms with E-state index in [1.54, 1.807) is 6.07 Å². The minimum atomic E-state index is -0.987. The zero-order chi connectivity index (χ0) is 12.0. The second-order valence-electron chi connectivity index (χ2n) is 3.26. The molecule has 0 aromatic heterocycles. The van der Waals surface area contributed by atoms with Crippen molar-refractivity contribution in [1.82, 2.24) is 0 Å². The van der Waals surface area contributed by atoms with E-state index in [1.807, 2.05) is 19.1 Å². The number of hydrogen-bond donors (Lipinski definition) is 1. The van der Waals surface area contributed by atoms with Gasteiger partial charge in [0, 0.05) is 18.7 Å². The van der Waals surface area contributed by atoms with Crippen molar-refractivity contribution in [1.29, 1.82) is 0 Å². The lowest BCUT2D eigenvalue weighted by atomic mass is 10.1. The number of hydrogen-bond acceptors (Lipinski definition) is 3. The molecular formula is C12H14O4. The van der Waals surface area contributed by atoms with Crippen LogP contribution in [0.1, 0.15) is 11.1 Å². The summed E-state index contributed by atoms with van der Waals surface area (Å²) in [5.41, 5.74) is 1.76. The zero-order valence-electron chi connectivity index (χ0n) is 9.27. The van der Waals surface area contributed by atoms with E-state index in [-0.39, 0.29) is 6.79 Å². The largest absolute Gasteiger partial charge is 0.478 e. The van der Waals surface area contributed by atoms with Crippen LogP contribution in [0.2, 0.25) is 0 Å². The second kappa shape index (κ2) is 5.92. The summed E-state index contributed by atoms with van der Waals surface area (Å²) in [4.78, 5) is 10.4. The number of aliphatic carboxylic acids is 1. The summed E-state index contributed by atoms with van der Waals surface area (Å²) in [6, 6.07) is 5.53. The van der Waals surface area contributed by atoms with Crippen molar-refractivity contribution < 1.29 is 19.4 Å². The van der Waals surface area contributed by atoms with Crippen molar-refractivity contribution in [2.24, 2.45) is 0 Å². The molecule has 0 aliphatic heterocycles. The van der Waals surface area contributed by atoms with Crippen LogP contribution in [0.15, 0.2) is 24.3 Å². The Balaban J connectivity index is 2.93. The molecule has 0 bridgehead atoms. The maximum Gasteiger partial charge on any atom is 0.328 e. The average Bonchev–Trinajstić information content (AvgIpc) is 2.25. The lowest BCUT2D eigenvalue weighted by Gasteiger charge is -2.08. The van der Waals surface area contributed by atoms with Crippen molar-refractivity contribution in [3.63, 3.8) is 0 Å². The molecule has 0 spiro atoms. The minimum absolute atomic E-state index is 0.136. The minimum Gasteiger partial charge on any atom is -0.478 e. The van der Waals surface area contributed by atoms with Crippen LogP contribution in [-0.4, -0.2) is 25.0 Å². The van der Waals surface area contributed by atoms with Crippen molar-refractivity contribution >= 4 is 12.0 Å². The predicted molar refractivity (Wildman–Crippen MR) is 60.4 cm³/mol. The first-order valence-electron chi connectivity index (χ1n) is 4.77. The van der Waals surface area contributed by atoms with Gasteiger partial charge < -0.3 is 14.6 Å². The lowest BCUT2D eigenvalue weighted by molar-refractivity contribution is -0.131. The Kier molecular flexibility index (Phi) is 4.54. The van der Waals surface area contributed by atoms with E-state index in [9.17, 15) is 4.79 Å². The third kappa shape index (κ3) is 3.74. The van der Waals surface area contributed by atoms with Crippen molar-refractivity contribution in [2.75, 3.05) is 13.9 Å². The molecule has 1 aromatic rings. The third-order valence-corrected chi connectivity index (χ3v) is 1.90. The molecule has 0 radical (unpaired) electrons. The highest BCUT2D eigenvalue weighted by Crippen LogP contribution is 2.21. The Morgan fingerprint density at radius 2 is 2.25 bits per heavy atom. The predicted octanol–water partition coefficient (Wildman–Crippen LogP) is 2.08. The van der Waals surface area contributed by atoms with E-state index in [2.05, 4.69) is 0 Å². The first-order chi connectivity index (χ1) is 7.63. The van der Waals surface area contributed by atoms with E-state index >= 15 is 0 Å². The molecule has 0 unspecified atom stereocenters. The molecule has 0 aliphatic rings. The molecular weight excluding hydrogens is 208 g/mol. The summed E-state index contributed by atoms with van der Waals surface area (Å²) in [5.74, 6) is -0.385. The van der Waals surface area contributed by atoms with Gasteiger partial charge >= 0.3 is 5.97 Å². The summed E-state index contributed by atoms with van der Waals surface area (Å²) in [6.45, 7) is 2.06. The maximum absolute atomic E-state index is 10.4. The van der Waals surface area contributed by atoms with Crippen LogP contribution in [-0.2, 0) is 9.53 Å². The summed E-state index contributed by atoms with van der Waals surface area (Å²) < 4.78 is 10.1. The smallest absolute Gasteiger partial charge is 0.328 e. The molecule has 16 heavy (non-hydrogen) atoms. The van der Waals surface area contributed by atoms with Crippen LogP contribution in [0.5, 0.6) is 5.75 Å². The van der Waals surface area contributed by atoms with Crippen LogP contribution in [0.3, 0.4) is 0 Å². The Morgan fingerprint density at radius 1 is 1.50 bits per heavy atom. The van der Waals surface area contributed by atoms with Gasteiger partial charge in [0.05, 0.1) is 0 Å². The SMILES string of the molecule is COCOc1ccc(C)cc1C=CC(=O)O. The molecule has 0 amide bonds. The summed E-state index contributed by atoms with van der Waals surface area (Å²) in [7, 11) is 1.53. The van der Waals surface area contributed by atoms with Gasteiger partial charge in [-0.1, -0.05) is 11.6 Å². The van der Waals surface area contributed by atoms with Gasteiger partial charge in [-0.15, -0.1) is 0 Å². The topological polar surface area (TPSA) is 55.8 Å². The van der Waals surface area contributed by atoms with E-state index in [0.717, 1.165) is 17.2 Å². The molecule has 1 aromatic carbocycles. The molecule has 1 rings (SSSR count). The molecule has 4 nitrogen and oxygen atoms in total. The number of aryl methyl sites for hydroxylation is 1. The number of carboxylic acid groups (broad SMARTS) is 1. The molecule has 0 aliphatic carbocycles. The highest BCUT2D eigenvalue weighted by molar-refractivity contribution is 5.85. The van der Waals surface area contributed by atoms with Gasteiger partial charge in [-0.05, 0) is 25.1 Å². The number of carbonyl (C=O) groups is 1. The summed E-state index contributed by atoms with van der Waals surface area (Å²) >= 11 is 0. The zero-order valence-corrected chi connectivity index (χ0v) is 9.27. The van der Waals surface area contributed by atoms with Crippen molar-refractivity contribution in [3.8, 4) is 5.75 Å². The Morgan fingerprint density at radius 3 is 2.88 bits per heavy atom. The van der Waals surface area contributed by atoms with Crippen LogP contribution < -0.4 is 4.74 Å². The number of methoxy groups -OCH3 is 1. The van der Waals surface area contributed by atoms with Gasteiger partial charge in [-0.2, -0.15) is 0 Å². The number of benzene rings is 1. The van der Waals surface area contributed by atoms with E-state index in [1.165, 1.54) is 13.2 Å². The van der Waals surface area contributed by atoms with Crippen LogP contribution in [0.4, 0.5) is 0 Å². The normalized spacial score (nSPS) is 10.6. The van der Waals surface area contributed by atoms with E-state index in [0.29, 0.717) is 5.75 Å². The third-order valence-electron chi connectivity index (χ3n) is 1.90. The lowest BCUT2D eigenvalue weighted by Crippen LogP contribution is -2.00. The molecule has 0 saturated heterocycles. The molecule has 86 valence electrons. The molecule has 1 N–H and O–H groups in total. The number of ether oxygens (including phenoxy) is 2. The summed E-state index contributed by atoms with van der Waals surface area (Å²) in [5, 5.41) is 8.56. The van der Waals surface area contributed by atoms with Gasteiger partial charge in [-0.25, -0.2) is 4.79 Å². The molecule has 0 saturated carbocycles. The quantitative estimate of drug-likeness (QED) is 0.612. The molecule has 4 heteroatoms. The van der Waals surface area contributed by atoms with Gasteiger partial charge in [0.15, 0.2) is 6.79 Å². The standard InChI is InChI=1S/C12H14O4/c1-9-3-5-11(16-8-15-2)10(7-9)4-6-12(13)14/h3-7H,8H2,1-2H3,(H,13,14). The fraction of sp³-hybridized carbons (Fsp3) is 0.250. The molecule has 0 fully saturated rings. The van der Waals surface area contributed by atoms with Gasteiger partial charge in [-0.3, -0.25) is 0 Å². The summed E-state index contributed by atoms with van der Waals surface area (Å²) in [6.07, 6.45) is 2.58. The first kappa shape index (κ1) is 12.3. The maximum atomic E-state index is 10.4. The van der Waals surface area contributed by atoms with E-state index in [4.69, 9.17) is 14.6 Å². The first-order valence-corrected chi connectivity index (χ1v) is 4.77. The molecule has 0 heterocycles. The highest BCUT2D eigenvalue weighted by Gasteiger charge is 2.01. The average molecular weight is 222 g/mol. The van der Waals surface area contributed by atoms with Gasteiger partial charge in [0.25, 0.3) is 0 Å². The van der Waals surface area contributed by atoms with Crippen LogP contribution >= 0.6 is 0 Å². The van der Waals surface area contributed by atoms with Gasteiger partial charge in [0.1, 0.15) is 5.75 Å². The fourth-order valence-corrected chi connectivity index (χ4v) is 1.21. The monoisotopic (exact) mass is 222 g/mol. The van der Waals surface area contributed by atoms with Crippen molar-refractivity contribution in [3.05, 3.63) is 35.4 Å². The van der Waals surface area contributed by atoms with Gasteiger partial charge in [0.2, 0.25) is 0 Å². The number of carboxylic acids is 1. The fourth-order valence-electron chi connectivity index (χ4n) is 1.21.